The third-order valence-electron chi connectivity index (χ3n) is 3.41. The van der Waals surface area contributed by atoms with E-state index < -0.39 is 0 Å². The van der Waals surface area contributed by atoms with Crippen LogP contribution in [0.3, 0.4) is 0 Å². The van der Waals surface area contributed by atoms with E-state index in [1.54, 1.807) is 0 Å². The molecule has 1 N–H and O–H groups in total. The summed E-state index contributed by atoms with van der Waals surface area (Å²) >= 11 is 0. The maximum Gasteiger partial charge on any atom is 0.134 e. The summed E-state index contributed by atoms with van der Waals surface area (Å²) in [5, 5.41) is 9.02. The minimum absolute atomic E-state index is 0.895. The van der Waals surface area contributed by atoms with Crippen LogP contribution in [0.25, 0.3) is 10.9 Å². The van der Waals surface area contributed by atoms with Crippen molar-refractivity contribution in [3.63, 3.8) is 0 Å². The minimum atomic E-state index is 0.895. The van der Waals surface area contributed by atoms with Crippen molar-refractivity contribution in [2.75, 3.05) is 5.32 Å². The van der Waals surface area contributed by atoms with E-state index in [9.17, 15) is 0 Å². The molecule has 0 bridgehead atoms. The van der Waals surface area contributed by atoms with Gasteiger partial charge in [-0.25, -0.2) is 4.98 Å². The zero-order chi connectivity index (χ0) is 14.1. The topological polar surface area (TPSA) is 42.7 Å². The van der Waals surface area contributed by atoms with Crippen LogP contribution in [0.2, 0.25) is 0 Å². The summed E-state index contributed by atoms with van der Waals surface area (Å²) in [5.74, 6) is 0.895. The van der Waals surface area contributed by atoms with Crippen molar-refractivity contribution >= 4 is 22.4 Å². The van der Waals surface area contributed by atoms with Gasteiger partial charge in [0.15, 0.2) is 0 Å². The number of aromatic nitrogens is 3. The molecule has 0 atom stereocenters. The molecule has 0 amide bonds. The second kappa shape index (κ2) is 4.96. The molecule has 4 nitrogen and oxygen atoms in total. The lowest BCUT2D eigenvalue weighted by Gasteiger charge is -2.09. The third-order valence-corrected chi connectivity index (χ3v) is 3.41. The quantitative estimate of drug-likeness (QED) is 0.788. The molecule has 0 radical (unpaired) electrons. The smallest absolute Gasteiger partial charge is 0.134 e. The van der Waals surface area contributed by atoms with Crippen LogP contribution >= 0.6 is 0 Å². The van der Waals surface area contributed by atoms with E-state index in [1.807, 2.05) is 36.1 Å². The minimum Gasteiger partial charge on any atom is -0.337 e. The number of pyridine rings is 1. The van der Waals surface area contributed by atoms with Gasteiger partial charge in [0, 0.05) is 18.6 Å². The van der Waals surface area contributed by atoms with Crippen molar-refractivity contribution in [3.8, 4) is 0 Å². The molecule has 0 saturated carbocycles. The van der Waals surface area contributed by atoms with Gasteiger partial charge in [-0.05, 0) is 31.0 Å². The Labute approximate surface area is 118 Å². The van der Waals surface area contributed by atoms with Crippen LogP contribution in [0.4, 0.5) is 11.5 Å². The van der Waals surface area contributed by atoms with Crippen LogP contribution < -0.4 is 5.32 Å². The van der Waals surface area contributed by atoms with Gasteiger partial charge >= 0.3 is 0 Å². The first-order valence-electron chi connectivity index (χ1n) is 6.83. The molecule has 1 aromatic carbocycles. The molecule has 0 spiro atoms. The SMILES string of the molecule is CCc1nn(C)cc1Nc1nc2ccccc2cc1C. The summed E-state index contributed by atoms with van der Waals surface area (Å²) in [4.78, 5) is 4.71. The van der Waals surface area contributed by atoms with Gasteiger partial charge in [-0.3, -0.25) is 4.68 Å². The number of anilines is 2. The molecule has 0 fully saturated rings. The van der Waals surface area contributed by atoms with Crippen LogP contribution in [-0.4, -0.2) is 14.8 Å². The molecule has 2 heterocycles. The predicted molar refractivity (Wildman–Crippen MR) is 82.3 cm³/mol. The standard InChI is InChI=1S/C16H18N4/c1-4-13-15(10-20(3)19-13)18-16-11(2)9-12-7-5-6-8-14(12)17-16/h5-10H,4H2,1-3H3,(H,17,18). The number of hydrogen-bond acceptors (Lipinski definition) is 3. The molecule has 4 heteroatoms. The van der Waals surface area contributed by atoms with Crippen molar-refractivity contribution in [2.45, 2.75) is 20.3 Å². The van der Waals surface area contributed by atoms with E-state index in [2.05, 4.69) is 36.4 Å². The number of hydrogen-bond donors (Lipinski definition) is 1. The lowest BCUT2D eigenvalue weighted by atomic mass is 10.1. The fourth-order valence-corrected chi connectivity index (χ4v) is 2.38. The number of fused-ring (bicyclic) bond motifs is 1. The van der Waals surface area contributed by atoms with Crippen LogP contribution in [0, 0.1) is 6.92 Å². The first kappa shape index (κ1) is 12.7. The number of nitrogens with one attached hydrogen (secondary N) is 1. The first-order valence-corrected chi connectivity index (χ1v) is 6.83. The molecule has 0 saturated heterocycles. The Kier molecular flexibility index (Phi) is 3.14. The van der Waals surface area contributed by atoms with Crippen molar-refractivity contribution in [1.82, 2.24) is 14.8 Å². The highest BCUT2D eigenvalue weighted by Gasteiger charge is 2.09. The molecule has 3 rings (SSSR count). The van der Waals surface area contributed by atoms with Crippen LogP contribution in [-0.2, 0) is 13.5 Å². The van der Waals surface area contributed by atoms with Gasteiger partial charge in [0.05, 0.1) is 16.9 Å². The maximum atomic E-state index is 4.71. The highest BCUT2D eigenvalue weighted by molar-refractivity contribution is 5.82. The molecular weight excluding hydrogens is 248 g/mol. The van der Waals surface area contributed by atoms with Gasteiger partial charge in [-0.2, -0.15) is 5.10 Å². The Hall–Kier alpha value is -2.36. The maximum absolute atomic E-state index is 4.71. The molecule has 0 aliphatic heterocycles. The number of para-hydroxylation sites is 1. The van der Waals surface area contributed by atoms with E-state index in [0.29, 0.717) is 0 Å². The normalized spacial score (nSPS) is 10.9. The van der Waals surface area contributed by atoms with E-state index in [-0.39, 0.29) is 0 Å². The van der Waals surface area contributed by atoms with Gasteiger partial charge in [0.25, 0.3) is 0 Å². The highest BCUT2D eigenvalue weighted by Crippen LogP contribution is 2.24. The van der Waals surface area contributed by atoms with E-state index in [4.69, 9.17) is 4.98 Å². The highest BCUT2D eigenvalue weighted by atomic mass is 15.3. The molecular formula is C16H18N4. The Balaban J connectivity index is 2.03. The number of aryl methyl sites for hydroxylation is 3. The number of benzene rings is 1. The Morgan fingerprint density at radius 3 is 2.85 bits per heavy atom. The zero-order valence-electron chi connectivity index (χ0n) is 12.0. The molecule has 20 heavy (non-hydrogen) atoms. The Bertz CT molecular complexity index is 758. The van der Waals surface area contributed by atoms with Crippen molar-refractivity contribution in [2.24, 2.45) is 7.05 Å². The van der Waals surface area contributed by atoms with Crippen LogP contribution in [0.15, 0.2) is 36.5 Å². The summed E-state index contributed by atoms with van der Waals surface area (Å²) in [7, 11) is 1.94. The first-order chi connectivity index (χ1) is 9.67. The predicted octanol–water partition coefficient (Wildman–Crippen LogP) is 3.58. The molecule has 2 aromatic heterocycles. The average Bonchev–Trinajstić information content (AvgIpc) is 2.79. The fraction of sp³-hybridized carbons (Fsp3) is 0.250. The van der Waals surface area contributed by atoms with Gasteiger partial charge in [-0.1, -0.05) is 25.1 Å². The summed E-state index contributed by atoms with van der Waals surface area (Å²) in [6.07, 6.45) is 2.89. The van der Waals surface area contributed by atoms with E-state index in [1.165, 1.54) is 0 Å². The van der Waals surface area contributed by atoms with Crippen LogP contribution in [0.1, 0.15) is 18.2 Å². The summed E-state index contributed by atoms with van der Waals surface area (Å²) in [5.41, 5.74) is 4.22. The van der Waals surface area contributed by atoms with Crippen LogP contribution in [0.5, 0.6) is 0 Å². The fourth-order valence-electron chi connectivity index (χ4n) is 2.38. The number of nitrogens with zero attached hydrogens (tertiary/aromatic N) is 3. The average molecular weight is 266 g/mol. The van der Waals surface area contributed by atoms with E-state index in [0.717, 1.165) is 40.1 Å². The zero-order valence-corrected chi connectivity index (χ0v) is 12.0. The van der Waals surface area contributed by atoms with Crippen molar-refractivity contribution in [1.29, 1.82) is 0 Å². The van der Waals surface area contributed by atoms with Gasteiger partial charge in [0.2, 0.25) is 0 Å². The summed E-state index contributed by atoms with van der Waals surface area (Å²) < 4.78 is 1.83. The number of rotatable bonds is 3. The molecule has 0 unspecified atom stereocenters. The third kappa shape index (κ3) is 2.25. The monoisotopic (exact) mass is 266 g/mol. The Morgan fingerprint density at radius 1 is 1.25 bits per heavy atom. The van der Waals surface area contributed by atoms with Gasteiger partial charge in [-0.15, -0.1) is 0 Å². The summed E-state index contributed by atoms with van der Waals surface area (Å²) in [6.45, 7) is 4.18. The van der Waals surface area contributed by atoms with Gasteiger partial charge < -0.3 is 5.32 Å². The molecule has 0 aliphatic rings. The summed E-state index contributed by atoms with van der Waals surface area (Å²) in [6, 6.07) is 10.3. The van der Waals surface area contributed by atoms with E-state index >= 15 is 0 Å². The van der Waals surface area contributed by atoms with Crippen molar-refractivity contribution in [3.05, 3.63) is 47.8 Å². The molecule has 0 aliphatic carbocycles. The molecule has 3 aromatic rings. The van der Waals surface area contributed by atoms with Gasteiger partial charge in [0.1, 0.15) is 5.82 Å². The largest absolute Gasteiger partial charge is 0.337 e. The lowest BCUT2D eigenvalue weighted by molar-refractivity contribution is 0.746. The van der Waals surface area contributed by atoms with Crippen molar-refractivity contribution < 1.29 is 0 Å². The second-order valence-electron chi connectivity index (χ2n) is 4.99. The second-order valence-corrected chi connectivity index (χ2v) is 4.99. The Morgan fingerprint density at radius 2 is 2.05 bits per heavy atom. The lowest BCUT2D eigenvalue weighted by Crippen LogP contribution is -1.98. The molecule has 102 valence electrons.